The molecule has 1 heterocycles. The lowest BCUT2D eigenvalue weighted by Gasteiger charge is -2.13. The minimum absolute atomic E-state index is 0.106. The quantitative estimate of drug-likeness (QED) is 0.917. The van der Waals surface area contributed by atoms with E-state index in [1.807, 2.05) is 23.9 Å². The average Bonchev–Trinajstić information content (AvgIpc) is 2.74. The van der Waals surface area contributed by atoms with Gasteiger partial charge in [-0.3, -0.25) is 0 Å². The van der Waals surface area contributed by atoms with Gasteiger partial charge in [0, 0.05) is 19.0 Å². The van der Waals surface area contributed by atoms with Crippen LogP contribution in [0.4, 0.5) is 0 Å². The third kappa shape index (κ3) is 2.49. The van der Waals surface area contributed by atoms with Crippen LogP contribution < -0.4 is 4.74 Å². The molecule has 0 atom stereocenters. The molecule has 0 bridgehead atoms. The molecule has 0 fully saturated rings. The van der Waals surface area contributed by atoms with Crippen LogP contribution in [0, 0.1) is 13.8 Å². The van der Waals surface area contributed by atoms with Gasteiger partial charge in [-0.25, -0.2) is 4.98 Å². The fraction of sp³-hybridized carbons (Fsp3) is 0.400. The maximum atomic E-state index is 9.03. The lowest BCUT2D eigenvalue weighted by molar-refractivity contribution is 0.295. The number of ether oxygens (including phenoxy) is 1. The van der Waals surface area contributed by atoms with Gasteiger partial charge in [0.05, 0.1) is 25.6 Å². The first-order valence-corrected chi connectivity index (χ1v) is 6.35. The van der Waals surface area contributed by atoms with Crippen molar-refractivity contribution >= 4 is 0 Å². The summed E-state index contributed by atoms with van der Waals surface area (Å²) in [6, 6.07) is 4.16. The largest absolute Gasteiger partial charge is 0.496 e. The predicted molar refractivity (Wildman–Crippen MR) is 75.5 cm³/mol. The number of rotatable bonds is 4. The molecule has 2 aromatic rings. The molecule has 0 amide bonds. The fourth-order valence-corrected chi connectivity index (χ4v) is 2.19. The van der Waals surface area contributed by atoms with Crippen LogP contribution in [-0.2, 0) is 13.5 Å². The minimum Gasteiger partial charge on any atom is -0.496 e. The number of hydrogen-bond donors (Lipinski definition) is 1. The first-order valence-electron chi connectivity index (χ1n) is 6.35. The van der Waals surface area contributed by atoms with Crippen LogP contribution in [0.5, 0.6) is 5.75 Å². The Morgan fingerprint density at radius 1 is 1.26 bits per heavy atom. The standard InChI is InChI=1S/C15H20N2O2/c1-10-7-12(14(19-4)8-11(10)2)13-9-16-15(5-6-18)17(13)3/h7-9,18H,5-6H2,1-4H3. The van der Waals surface area contributed by atoms with Gasteiger partial charge in [-0.15, -0.1) is 0 Å². The molecule has 1 N–H and O–H groups in total. The smallest absolute Gasteiger partial charge is 0.128 e. The van der Waals surface area contributed by atoms with Crippen LogP contribution in [0.15, 0.2) is 18.3 Å². The molecule has 0 aliphatic heterocycles. The zero-order chi connectivity index (χ0) is 14.0. The number of benzene rings is 1. The molecule has 0 spiro atoms. The summed E-state index contributed by atoms with van der Waals surface area (Å²) in [7, 11) is 3.64. The van der Waals surface area contributed by atoms with Crippen molar-refractivity contribution in [3.05, 3.63) is 35.3 Å². The Hall–Kier alpha value is -1.81. The Kier molecular flexibility index (Phi) is 3.90. The molecule has 1 aromatic heterocycles. The van der Waals surface area contributed by atoms with Crippen LogP contribution in [0.2, 0.25) is 0 Å². The molecule has 19 heavy (non-hydrogen) atoms. The van der Waals surface area contributed by atoms with Gasteiger partial charge in [0.15, 0.2) is 0 Å². The molecule has 0 saturated carbocycles. The third-order valence-electron chi connectivity index (χ3n) is 3.51. The number of nitrogens with zero attached hydrogens (tertiary/aromatic N) is 2. The minimum atomic E-state index is 0.106. The van der Waals surface area contributed by atoms with E-state index in [0.717, 1.165) is 22.8 Å². The highest BCUT2D eigenvalue weighted by Gasteiger charge is 2.13. The Morgan fingerprint density at radius 3 is 2.58 bits per heavy atom. The lowest BCUT2D eigenvalue weighted by atomic mass is 10.0. The highest BCUT2D eigenvalue weighted by molar-refractivity contribution is 5.69. The third-order valence-corrected chi connectivity index (χ3v) is 3.51. The maximum absolute atomic E-state index is 9.03. The molecule has 0 aliphatic carbocycles. The van der Waals surface area contributed by atoms with Crippen molar-refractivity contribution in [2.75, 3.05) is 13.7 Å². The molecule has 0 saturated heterocycles. The van der Waals surface area contributed by atoms with Crippen molar-refractivity contribution < 1.29 is 9.84 Å². The van der Waals surface area contributed by atoms with E-state index in [-0.39, 0.29) is 6.61 Å². The second-order valence-electron chi connectivity index (χ2n) is 4.73. The SMILES string of the molecule is COc1cc(C)c(C)cc1-c1cnc(CCO)n1C. The molecule has 4 nitrogen and oxygen atoms in total. The fourth-order valence-electron chi connectivity index (χ4n) is 2.19. The van der Waals surface area contributed by atoms with E-state index in [1.54, 1.807) is 7.11 Å². The van der Waals surface area contributed by atoms with E-state index < -0.39 is 0 Å². The number of aryl methyl sites for hydroxylation is 2. The Morgan fingerprint density at radius 2 is 1.95 bits per heavy atom. The van der Waals surface area contributed by atoms with Gasteiger partial charge >= 0.3 is 0 Å². The summed E-state index contributed by atoms with van der Waals surface area (Å²) in [5, 5.41) is 9.03. The monoisotopic (exact) mass is 260 g/mol. The summed E-state index contributed by atoms with van der Waals surface area (Å²) in [5.41, 5.74) is 4.47. The number of hydrogen-bond acceptors (Lipinski definition) is 3. The Balaban J connectivity index is 2.55. The zero-order valence-electron chi connectivity index (χ0n) is 11.9. The van der Waals surface area contributed by atoms with E-state index >= 15 is 0 Å². The molecule has 102 valence electrons. The van der Waals surface area contributed by atoms with E-state index in [4.69, 9.17) is 9.84 Å². The zero-order valence-corrected chi connectivity index (χ0v) is 11.9. The summed E-state index contributed by atoms with van der Waals surface area (Å²) < 4.78 is 7.47. The number of imidazole rings is 1. The van der Waals surface area contributed by atoms with Crippen molar-refractivity contribution in [1.82, 2.24) is 9.55 Å². The summed E-state index contributed by atoms with van der Waals surface area (Å²) >= 11 is 0. The van der Waals surface area contributed by atoms with Crippen molar-refractivity contribution in [3.8, 4) is 17.0 Å². The van der Waals surface area contributed by atoms with Crippen LogP contribution >= 0.6 is 0 Å². The van der Waals surface area contributed by atoms with Crippen LogP contribution in [-0.4, -0.2) is 28.4 Å². The lowest BCUT2D eigenvalue weighted by Crippen LogP contribution is -2.03. The molecule has 2 rings (SSSR count). The summed E-state index contributed by atoms with van der Waals surface area (Å²) in [6.07, 6.45) is 2.39. The first-order chi connectivity index (χ1) is 9.08. The molecule has 1 aromatic carbocycles. The van der Waals surface area contributed by atoms with E-state index in [2.05, 4.69) is 24.9 Å². The van der Waals surface area contributed by atoms with E-state index in [0.29, 0.717) is 6.42 Å². The van der Waals surface area contributed by atoms with Crippen LogP contribution in [0.3, 0.4) is 0 Å². The highest BCUT2D eigenvalue weighted by atomic mass is 16.5. The normalized spacial score (nSPS) is 10.8. The van der Waals surface area contributed by atoms with Gasteiger partial charge in [0.25, 0.3) is 0 Å². The maximum Gasteiger partial charge on any atom is 0.128 e. The van der Waals surface area contributed by atoms with E-state index in [1.165, 1.54) is 11.1 Å². The molecule has 0 radical (unpaired) electrons. The molecule has 4 heteroatoms. The first kappa shape index (κ1) is 13.6. The van der Waals surface area contributed by atoms with Gasteiger partial charge in [0.2, 0.25) is 0 Å². The second kappa shape index (κ2) is 5.45. The summed E-state index contributed by atoms with van der Waals surface area (Å²) in [5.74, 6) is 1.72. The predicted octanol–water partition coefficient (Wildman–Crippen LogP) is 2.25. The van der Waals surface area contributed by atoms with Crippen molar-refractivity contribution in [2.45, 2.75) is 20.3 Å². The van der Waals surface area contributed by atoms with Crippen molar-refractivity contribution in [2.24, 2.45) is 7.05 Å². The van der Waals surface area contributed by atoms with Gasteiger partial charge in [-0.05, 0) is 37.1 Å². The average molecular weight is 260 g/mol. The highest BCUT2D eigenvalue weighted by Crippen LogP contribution is 2.32. The van der Waals surface area contributed by atoms with Crippen molar-refractivity contribution in [1.29, 1.82) is 0 Å². The molecule has 0 aliphatic rings. The van der Waals surface area contributed by atoms with Gasteiger partial charge in [-0.1, -0.05) is 0 Å². The van der Waals surface area contributed by atoms with Crippen molar-refractivity contribution in [3.63, 3.8) is 0 Å². The van der Waals surface area contributed by atoms with E-state index in [9.17, 15) is 0 Å². The molecular weight excluding hydrogens is 240 g/mol. The number of aliphatic hydroxyl groups is 1. The van der Waals surface area contributed by atoms with Crippen LogP contribution in [0.25, 0.3) is 11.3 Å². The van der Waals surface area contributed by atoms with Gasteiger partial charge < -0.3 is 14.4 Å². The Labute approximate surface area is 113 Å². The topological polar surface area (TPSA) is 47.3 Å². The number of aromatic nitrogens is 2. The molecular formula is C15H20N2O2. The Bertz CT molecular complexity index is 588. The molecule has 0 unspecified atom stereocenters. The van der Waals surface area contributed by atoms with Gasteiger partial charge in [0.1, 0.15) is 11.6 Å². The summed E-state index contributed by atoms with van der Waals surface area (Å²) in [4.78, 5) is 4.36. The van der Waals surface area contributed by atoms with Gasteiger partial charge in [-0.2, -0.15) is 0 Å². The number of aliphatic hydroxyl groups excluding tert-OH is 1. The number of methoxy groups -OCH3 is 1. The second-order valence-corrected chi connectivity index (χ2v) is 4.73. The summed E-state index contributed by atoms with van der Waals surface area (Å²) in [6.45, 7) is 4.26. The van der Waals surface area contributed by atoms with Crippen LogP contribution in [0.1, 0.15) is 17.0 Å².